The van der Waals surface area contributed by atoms with Gasteiger partial charge >= 0.3 is 0 Å². The van der Waals surface area contributed by atoms with Crippen LogP contribution in [0.25, 0.3) is 11.1 Å². The quantitative estimate of drug-likeness (QED) is 0.0909. The highest BCUT2D eigenvalue weighted by Crippen LogP contribution is 2.39. The van der Waals surface area contributed by atoms with Gasteiger partial charge in [0.2, 0.25) is 0 Å². The van der Waals surface area contributed by atoms with Crippen LogP contribution in [0.5, 0.6) is 17.2 Å². The molecule has 0 aliphatic carbocycles. The van der Waals surface area contributed by atoms with E-state index in [1.54, 1.807) is 0 Å². The second-order valence-electron chi connectivity index (χ2n) is 15.6. The molecule has 0 aliphatic rings. The van der Waals surface area contributed by atoms with Gasteiger partial charge in [-0.25, -0.2) is 0 Å². The predicted octanol–water partition coefficient (Wildman–Crippen LogP) is 16.0. The standard InChI is InChI=1S/C57H52N2O3/c1-5-41(3)43-17-19-46(20-18-43)57(60)47-25-35-55(36-26-47)62-56-39-33-53(34-40-56)59(52-31-37-54(38-32-52)61-42(4)6-2)51-29-23-45(24-30-51)44-21-27-50(28-22-44)58(48-13-9-7-10-14-48)49-15-11-8-12-16-49/h7-42H,5-6H2,1-4H3. The highest BCUT2D eigenvalue weighted by atomic mass is 16.5. The SMILES string of the molecule is CCC(C)Oc1ccc(N(c2ccc(Oc3ccc(C(=O)c4ccc(C(C)CC)cc4)cc3)cc2)c2ccc(-c3ccc(N(c4ccccc4)c4ccccc4)cc3)cc2)cc1. The highest BCUT2D eigenvalue weighted by molar-refractivity contribution is 6.09. The van der Waals surface area contributed by atoms with Crippen molar-refractivity contribution >= 4 is 39.9 Å². The molecule has 2 unspecified atom stereocenters. The van der Waals surface area contributed by atoms with Gasteiger partial charge < -0.3 is 19.3 Å². The average Bonchev–Trinajstić information content (AvgIpc) is 3.34. The van der Waals surface area contributed by atoms with E-state index in [1.807, 2.05) is 72.8 Å². The molecular formula is C57H52N2O3. The van der Waals surface area contributed by atoms with E-state index in [0.717, 1.165) is 63.8 Å². The van der Waals surface area contributed by atoms with E-state index in [-0.39, 0.29) is 11.9 Å². The van der Waals surface area contributed by atoms with Crippen LogP contribution in [0.15, 0.2) is 206 Å². The number of rotatable bonds is 16. The lowest BCUT2D eigenvalue weighted by atomic mass is 9.95. The molecule has 8 aromatic rings. The molecule has 0 amide bonds. The summed E-state index contributed by atoms with van der Waals surface area (Å²) in [5.74, 6) is 2.66. The third-order valence-electron chi connectivity index (χ3n) is 11.4. The molecule has 0 saturated heterocycles. The number of hydrogen-bond acceptors (Lipinski definition) is 5. The van der Waals surface area contributed by atoms with Gasteiger partial charge in [-0.2, -0.15) is 0 Å². The van der Waals surface area contributed by atoms with E-state index in [1.165, 1.54) is 5.56 Å². The van der Waals surface area contributed by atoms with Crippen molar-refractivity contribution in [2.45, 2.75) is 52.6 Å². The number of nitrogens with zero attached hydrogens (tertiary/aromatic N) is 2. The van der Waals surface area contributed by atoms with Gasteiger partial charge in [-0.1, -0.05) is 106 Å². The lowest BCUT2D eigenvalue weighted by molar-refractivity contribution is 0.103. The number of benzene rings is 8. The molecule has 2 atom stereocenters. The zero-order valence-corrected chi connectivity index (χ0v) is 35.8. The Balaban J connectivity index is 1.02. The molecule has 0 spiro atoms. The third kappa shape index (κ3) is 9.64. The smallest absolute Gasteiger partial charge is 0.193 e. The van der Waals surface area contributed by atoms with Crippen LogP contribution in [0, 0.1) is 0 Å². The van der Waals surface area contributed by atoms with Gasteiger partial charge in [-0.3, -0.25) is 4.79 Å². The lowest BCUT2D eigenvalue weighted by Crippen LogP contribution is -2.11. The molecular weight excluding hydrogens is 761 g/mol. The monoisotopic (exact) mass is 812 g/mol. The second-order valence-corrected chi connectivity index (χ2v) is 15.6. The van der Waals surface area contributed by atoms with Gasteiger partial charge in [0.15, 0.2) is 5.78 Å². The fourth-order valence-corrected chi connectivity index (χ4v) is 7.48. The first-order chi connectivity index (χ1) is 30.4. The first-order valence-corrected chi connectivity index (χ1v) is 21.6. The molecule has 62 heavy (non-hydrogen) atoms. The summed E-state index contributed by atoms with van der Waals surface area (Å²) in [4.78, 5) is 17.7. The van der Waals surface area contributed by atoms with Crippen LogP contribution in [0.4, 0.5) is 34.1 Å². The van der Waals surface area contributed by atoms with Gasteiger partial charge in [-0.15, -0.1) is 0 Å². The number of ether oxygens (including phenoxy) is 2. The molecule has 0 heterocycles. The van der Waals surface area contributed by atoms with E-state index < -0.39 is 0 Å². The van der Waals surface area contributed by atoms with Crippen LogP contribution < -0.4 is 19.3 Å². The molecule has 8 rings (SSSR count). The number of ketones is 1. The van der Waals surface area contributed by atoms with Crippen LogP contribution in [0.3, 0.4) is 0 Å². The van der Waals surface area contributed by atoms with Crippen molar-refractivity contribution in [3.05, 3.63) is 223 Å². The van der Waals surface area contributed by atoms with Crippen LogP contribution in [0.1, 0.15) is 67.9 Å². The van der Waals surface area contributed by atoms with Crippen LogP contribution >= 0.6 is 0 Å². The first-order valence-electron chi connectivity index (χ1n) is 21.6. The minimum Gasteiger partial charge on any atom is -0.491 e. The number of carbonyl (C=O) groups is 1. The summed E-state index contributed by atoms with van der Waals surface area (Å²) >= 11 is 0. The van der Waals surface area contributed by atoms with Gasteiger partial charge in [0.25, 0.3) is 0 Å². The largest absolute Gasteiger partial charge is 0.491 e. The number of hydrogen-bond donors (Lipinski definition) is 0. The molecule has 0 aromatic heterocycles. The summed E-state index contributed by atoms with van der Waals surface area (Å²) in [7, 11) is 0. The number of anilines is 6. The van der Waals surface area contributed by atoms with Crippen molar-refractivity contribution in [3.8, 4) is 28.4 Å². The normalized spacial score (nSPS) is 11.9. The van der Waals surface area contributed by atoms with Crippen molar-refractivity contribution in [2.75, 3.05) is 9.80 Å². The summed E-state index contributed by atoms with van der Waals surface area (Å²) < 4.78 is 12.4. The van der Waals surface area contributed by atoms with E-state index in [2.05, 4.69) is 171 Å². The fourth-order valence-electron chi connectivity index (χ4n) is 7.48. The Bertz CT molecular complexity index is 2610. The Labute approximate surface area is 366 Å². The van der Waals surface area contributed by atoms with Gasteiger partial charge in [-0.05, 0) is 164 Å². The Kier molecular flexibility index (Phi) is 12.9. The van der Waals surface area contributed by atoms with Crippen LogP contribution in [-0.2, 0) is 0 Å². The Morgan fingerprint density at radius 3 is 1.18 bits per heavy atom. The van der Waals surface area contributed by atoms with E-state index >= 15 is 0 Å². The summed E-state index contributed by atoms with van der Waals surface area (Å²) in [5.41, 5.74) is 11.1. The van der Waals surface area contributed by atoms with Crippen molar-refractivity contribution in [2.24, 2.45) is 0 Å². The maximum absolute atomic E-state index is 13.2. The predicted molar refractivity (Wildman–Crippen MR) is 257 cm³/mol. The average molecular weight is 813 g/mol. The Morgan fingerprint density at radius 1 is 0.419 bits per heavy atom. The summed E-state index contributed by atoms with van der Waals surface area (Å²) in [6.45, 7) is 8.59. The fraction of sp³-hybridized carbons (Fsp3) is 0.140. The van der Waals surface area contributed by atoms with Crippen molar-refractivity contribution in [1.82, 2.24) is 0 Å². The van der Waals surface area contributed by atoms with Gasteiger partial charge in [0.1, 0.15) is 17.2 Å². The molecule has 0 fully saturated rings. The molecule has 5 nitrogen and oxygen atoms in total. The van der Waals surface area contributed by atoms with E-state index in [4.69, 9.17) is 9.47 Å². The highest BCUT2D eigenvalue weighted by Gasteiger charge is 2.16. The molecule has 0 bridgehead atoms. The second kappa shape index (κ2) is 19.3. The van der Waals surface area contributed by atoms with Crippen LogP contribution in [0.2, 0.25) is 0 Å². The molecule has 0 aliphatic heterocycles. The summed E-state index contributed by atoms with van der Waals surface area (Å²) in [6, 6.07) is 70.0. The summed E-state index contributed by atoms with van der Waals surface area (Å²) in [6.07, 6.45) is 2.13. The maximum atomic E-state index is 13.2. The first kappa shape index (κ1) is 41.4. The number of carbonyl (C=O) groups excluding carboxylic acids is 1. The van der Waals surface area contributed by atoms with E-state index in [9.17, 15) is 4.79 Å². The lowest BCUT2D eigenvalue weighted by Gasteiger charge is -2.26. The molecule has 8 aromatic carbocycles. The molecule has 0 radical (unpaired) electrons. The van der Waals surface area contributed by atoms with Crippen molar-refractivity contribution in [3.63, 3.8) is 0 Å². The topological polar surface area (TPSA) is 42.0 Å². The number of para-hydroxylation sites is 2. The van der Waals surface area contributed by atoms with E-state index in [0.29, 0.717) is 28.5 Å². The minimum atomic E-state index is -0.00359. The zero-order chi connectivity index (χ0) is 42.8. The van der Waals surface area contributed by atoms with Gasteiger partial charge in [0.05, 0.1) is 6.10 Å². The Hall–Kier alpha value is -7.37. The molecule has 5 heteroatoms. The Morgan fingerprint density at radius 2 is 0.774 bits per heavy atom. The zero-order valence-electron chi connectivity index (χ0n) is 35.8. The van der Waals surface area contributed by atoms with Gasteiger partial charge in [0, 0.05) is 45.3 Å². The molecule has 0 N–H and O–H groups in total. The maximum Gasteiger partial charge on any atom is 0.193 e. The van der Waals surface area contributed by atoms with Crippen LogP contribution in [-0.4, -0.2) is 11.9 Å². The van der Waals surface area contributed by atoms with Crippen molar-refractivity contribution in [1.29, 1.82) is 0 Å². The minimum absolute atomic E-state index is 0.00359. The third-order valence-corrected chi connectivity index (χ3v) is 11.4. The van der Waals surface area contributed by atoms with Crippen molar-refractivity contribution < 1.29 is 14.3 Å². The summed E-state index contributed by atoms with van der Waals surface area (Å²) in [5, 5.41) is 0. The molecule has 0 saturated carbocycles. The molecule has 308 valence electrons.